The van der Waals surface area contributed by atoms with Crippen molar-refractivity contribution >= 4 is 21.8 Å². The number of carbonyl (C=O) groups excluding carboxylic acids is 1. The van der Waals surface area contributed by atoms with Gasteiger partial charge in [0.15, 0.2) is 9.84 Å². The normalized spacial score (nSPS) is 17.2. The van der Waals surface area contributed by atoms with E-state index in [1.54, 1.807) is 0 Å². The lowest BCUT2D eigenvalue weighted by Gasteiger charge is -2.13. The number of hydrogen-bond acceptors (Lipinski definition) is 5. The molecule has 0 aromatic rings. The molecule has 1 rings (SSSR count). The summed E-state index contributed by atoms with van der Waals surface area (Å²) in [4.78, 5) is 21.5. The summed E-state index contributed by atoms with van der Waals surface area (Å²) in [5, 5.41) is 8.45. The molecule has 0 heterocycles. The molecule has 0 atom stereocenters. The number of carboxylic acids is 1. The van der Waals surface area contributed by atoms with Gasteiger partial charge < -0.3 is 9.84 Å². The summed E-state index contributed by atoms with van der Waals surface area (Å²) in [6.45, 7) is 0. The summed E-state index contributed by atoms with van der Waals surface area (Å²) in [6.07, 6.45) is 1.51. The Morgan fingerprint density at radius 3 is 2.39 bits per heavy atom. The Hall–Kier alpha value is -1.11. The number of rotatable bonds is 8. The van der Waals surface area contributed by atoms with E-state index in [-0.39, 0.29) is 30.8 Å². The van der Waals surface area contributed by atoms with Crippen LogP contribution in [-0.4, -0.2) is 44.1 Å². The second-order valence-corrected chi connectivity index (χ2v) is 7.03. The van der Waals surface area contributed by atoms with Crippen LogP contribution in [0.5, 0.6) is 0 Å². The van der Waals surface area contributed by atoms with Gasteiger partial charge in [-0.15, -0.1) is 0 Å². The zero-order chi connectivity index (χ0) is 13.8. The number of carbonyl (C=O) groups is 2. The maximum absolute atomic E-state index is 11.8. The SMILES string of the molecule is COC(=O)CC1(CS(=O)(=O)CCCC(=O)O)CC1. The van der Waals surface area contributed by atoms with Gasteiger partial charge in [0.05, 0.1) is 25.0 Å². The number of hydrogen-bond donors (Lipinski definition) is 1. The molecule has 1 saturated carbocycles. The van der Waals surface area contributed by atoms with Crippen LogP contribution in [0.2, 0.25) is 0 Å². The second-order valence-electron chi connectivity index (χ2n) is 4.84. The Bertz CT molecular complexity index is 421. The van der Waals surface area contributed by atoms with E-state index in [2.05, 4.69) is 4.74 Å². The molecule has 0 spiro atoms. The van der Waals surface area contributed by atoms with Crippen molar-refractivity contribution in [3.8, 4) is 0 Å². The van der Waals surface area contributed by atoms with E-state index in [0.717, 1.165) is 0 Å². The molecular formula is C11H18O6S. The first-order valence-corrected chi connectivity index (χ1v) is 7.60. The number of sulfone groups is 1. The average molecular weight is 278 g/mol. The molecule has 0 amide bonds. The van der Waals surface area contributed by atoms with E-state index in [1.807, 2.05) is 0 Å². The van der Waals surface area contributed by atoms with Gasteiger partial charge in [0, 0.05) is 6.42 Å². The minimum Gasteiger partial charge on any atom is -0.481 e. The van der Waals surface area contributed by atoms with Crippen molar-refractivity contribution in [2.45, 2.75) is 32.1 Å². The minimum atomic E-state index is -3.30. The maximum Gasteiger partial charge on any atom is 0.306 e. The summed E-state index contributed by atoms with van der Waals surface area (Å²) in [5.74, 6) is -1.58. The molecule has 1 aliphatic rings. The molecule has 0 aromatic carbocycles. The Kier molecular flexibility index (Phi) is 4.72. The number of aliphatic carboxylic acids is 1. The summed E-state index contributed by atoms with van der Waals surface area (Å²) >= 11 is 0. The van der Waals surface area contributed by atoms with Crippen molar-refractivity contribution in [3.05, 3.63) is 0 Å². The molecule has 6 nitrogen and oxygen atoms in total. The smallest absolute Gasteiger partial charge is 0.306 e. The maximum atomic E-state index is 11.8. The quantitative estimate of drug-likeness (QED) is 0.653. The van der Waals surface area contributed by atoms with Gasteiger partial charge in [-0.2, -0.15) is 0 Å². The van der Waals surface area contributed by atoms with Crippen molar-refractivity contribution in [1.82, 2.24) is 0 Å². The zero-order valence-corrected chi connectivity index (χ0v) is 11.2. The average Bonchev–Trinajstić information content (AvgIpc) is 2.95. The van der Waals surface area contributed by atoms with Gasteiger partial charge >= 0.3 is 11.9 Å². The summed E-state index contributed by atoms with van der Waals surface area (Å²) in [6, 6.07) is 0. The Labute approximate surface area is 106 Å². The number of methoxy groups -OCH3 is 1. The first-order valence-electron chi connectivity index (χ1n) is 5.78. The van der Waals surface area contributed by atoms with E-state index in [4.69, 9.17) is 5.11 Å². The first kappa shape index (κ1) is 14.9. The zero-order valence-electron chi connectivity index (χ0n) is 10.3. The predicted molar refractivity (Wildman–Crippen MR) is 63.8 cm³/mol. The predicted octanol–water partition coefficient (Wildman–Crippen LogP) is 0.609. The molecule has 0 aromatic heterocycles. The fourth-order valence-electron chi connectivity index (χ4n) is 1.91. The van der Waals surface area contributed by atoms with Gasteiger partial charge in [0.1, 0.15) is 0 Å². The van der Waals surface area contributed by atoms with Gasteiger partial charge in [-0.3, -0.25) is 9.59 Å². The molecule has 1 aliphatic carbocycles. The highest BCUT2D eigenvalue weighted by Crippen LogP contribution is 2.50. The fourth-order valence-corrected chi connectivity index (χ4v) is 3.96. The number of esters is 1. The lowest BCUT2D eigenvalue weighted by Crippen LogP contribution is -2.23. The lowest BCUT2D eigenvalue weighted by atomic mass is 10.1. The summed E-state index contributed by atoms with van der Waals surface area (Å²) in [7, 11) is -2.02. The van der Waals surface area contributed by atoms with E-state index in [1.165, 1.54) is 7.11 Å². The molecule has 18 heavy (non-hydrogen) atoms. The monoisotopic (exact) mass is 278 g/mol. The molecule has 7 heteroatoms. The van der Waals surface area contributed by atoms with Crippen LogP contribution in [0.3, 0.4) is 0 Å². The van der Waals surface area contributed by atoms with Gasteiger partial charge in [0.25, 0.3) is 0 Å². The molecule has 1 N–H and O–H groups in total. The second kappa shape index (κ2) is 5.69. The molecule has 104 valence electrons. The van der Waals surface area contributed by atoms with E-state index in [9.17, 15) is 18.0 Å². The topological polar surface area (TPSA) is 97.7 Å². The molecule has 0 bridgehead atoms. The molecule has 0 aliphatic heterocycles. The van der Waals surface area contributed by atoms with Crippen LogP contribution in [0, 0.1) is 5.41 Å². The molecule has 0 radical (unpaired) electrons. The lowest BCUT2D eigenvalue weighted by molar-refractivity contribution is -0.142. The van der Waals surface area contributed by atoms with Gasteiger partial charge in [-0.25, -0.2) is 8.42 Å². The van der Waals surface area contributed by atoms with Crippen molar-refractivity contribution in [2.24, 2.45) is 5.41 Å². The highest BCUT2D eigenvalue weighted by molar-refractivity contribution is 7.91. The van der Waals surface area contributed by atoms with Crippen LogP contribution in [-0.2, 0) is 24.2 Å². The van der Waals surface area contributed by atoms with E-state index in [0.29, 0.717) is 12.8 Å². The summed E-state index contributed by atoms with van der Waals surface area (Å²) < 4.78 is 28.1. The summed E-state index contributed by atoms with van der Waals surface area (Å²) in [5.41, 5.74) is -0.463. The number of ether oxygens (including phenoxy) is 1. The van der Waals surface area contributed by atoms with Gasteiger partial charge in [-0.05, 0) is 24.7 Å². The van der Waals surface area contributed by atoms with Crippen LogP contribution in [0.4, 0.5) is 0 Å². The highest BCUT2D eigenvalue weighted by Gasteiger charge is 2.47. The molecule has 0 saturated heterocycles. The molecule has 1 fully saturated rings. The van der Waals surface area contributed by atoms with Crippen LogP contribution in [0.15, 0.2) is 0 Å². The van der Waals surface area contributed by atoms with E-state index < -0.39 is 27.2 Å². The third-order valence-electron chi connectivity index (χ3n) is 3.08. The Morgan fingerprint density at radius 2 is 1.94 bits per heavy atom. The largest absolute Gasteiger partial charge is 0.481 e. The minimum absolute atomic E-state index is 0.0469. The van der Waals surface area contributed by atoms with Crippen LogP contribution in [0.1, 0.15) is 32.1 Å². The van der Waals surface area contributed by atoms with Crippen molar-refractivity contribution in [2.75, 3.05) is 18.6 Å². The van der Waals surface area contributed by atoms with Crippen LogP contribution in [0.25, 0.3) is 0 Å². The standard InChI is InChI=1S/C11H18O6S/c1-17-10(14)7-11(4-5-11)8-18(15,16)6-2-3-9(12)13/h2-8H2,1H3,(H,12,13). The highest BCUT2D eigenvalue weighted by atomic mass is 32.2. The van der Waals surface area contributed by atoms with Gasteiger partial charge in [-0.1, -0.05) is 0 Å². The Morgan fingerprint density at radius 1 is 1.33 bits per heavy atom. The number of carboxylic acid groups (broad SMARTS) is 1. The van der Waals surface area contributed by atoms with Crippen LogP contribution < -0.4 is 0 Å². The van der Waals surface area contributed by atoms with Gasteiger partial charge in [0.2, 0.25) is 0 Å². The Balaban J connectivity index is 2.45. The molecular weight excluding hydrogens is 260 g/mol. The van der Waals surface area contributed by atoms with E-state index >= 15 is 0 Å². The van der Waals surface area contributed by atoms with Crippen molar-refractivity contribution in [1.29, 1.82) is 0 Å². The van der Waals surface area contributed by atoms with Crippen LogP contribution >= 0.6 is 0 Å². The van der Waals surface area contributed by atoms with Crippen molar-refractivity contribution in [3.63, 3.8) is 0 Å². The fraction of sp³-hybridized carbons (Fsp3) is 0.818. The molecule has 0 unspecified atom stereocenters. The van der Waals surface area contributed by atoms with Crippen molar-refractivity contribution < 1.29 is 27.9 Å². The third kappa shape index (κ3) is 5.03. The first-order chi connectivity index (χ1) is 8.29. The third-order valence-corrected chi connectivity index (χ3v) is 5.04.